The van der Waals surface area contributed by atoms with Gasteiger partial charge in [-0.3, -0.25) is 14.5 Å². The van der Waals surface area contributed by atoms with Crippen LogP contribution in [0.5, 0.6) is 11.6 Å². The van der Waals surface area contributed by atoms with Crippen molar-refractivity contribution in [1.29, 1.82) is 5.41 Å². The number of nitrogens with one attached hydrogen (secondary N) is 1. The van der Waals surface area contributed by atoms with Crippen molar-refractivity contribution in [2.75, 3.05) is 20.4 Å². The van der Waals surface area contributed by atoms with E-state index in [-0.39, 0.29) is 19.2 Å². The maximum atomic E-state index is 11.5. The number of benzene rings is 1. The summed E-state index contributed by atoms with van der Waals surface area (Å²) in [5.74, 6) is 0.679. The zero-order chi connectivity index (χ0) is 24.6. The number of hydrogen-bond acceptors (Lipinski definition) is 8. The zero-order valence-corrected chi connectivity index (χ0v) is 21.1. The summed E-state index contributed by atoms with van der Waals surface area (Å²) in [5, 5.41) is 12.7. The van der Waals surface area contributed by atoms with Crippen LogP contribution < -0.4 is 4.74 Å². The fourth-order valence-corrected chi connectivity index (χ4v) is 3.82. The number of carbonyl (C=O) groups excluding carboxylic acids is 1. The summed E-state index contributed by atoms with van der Waals surface area (Å²) in [5.41, 5.74) is 2.32. The summed E-state index contributed by atoms with van der Waals surface area (Å²) in [6, 6.07) is 10.2. The van der Waals surface area contributed by atoms with Gasteiger partial charge in [-0.05, 0) is 30.3 Å². The number of aromatic nitrogens is 3. The molecule has 0 aliphatic carbocycles. The number of pyridine rings is 1. The molecule has 0 aliphatic rings. The smallest absolute Gasteiger partial charge is 0.327 e. The van der Waals surface area contributed by atoms with E-state index in [0.717, 1.165) is 28.2 Å². The molecular weight excluding hydrogens is 450 g/mol. The molecule has 0 radical (unpaired) electrons. The highest BCUT2D eigenvalue weighted by molar-refractivity contribution is 6.76. The number of hydrogen-bond donors (Lipinski definition) is 1. The Bertz CT molecular complexity index is 1150. The van der Waals surface area contributed by atoms with E-state index < -0.39 is 8.07 Å². The molecule has 180 valence electrons. The van der Waals surface area contributed by atoms with Crippen molar-refractivity contribution in [3.63, 3.8) is 0 Å². The second-order valence-corrected chi connectivity index (χ2v) is 14.6. The zero-order valence-electron chi connectivity index (χ0n) is 20.1. The summed E-state index contributed by atoms with van der Waals surface area (Å²) >= 11 is 0. The predicted molar refractivity (Wildman–Crippen MR) is 135 cm³/mol. The Morgan fingerprint density at radius 2 is 2.06 bits per heavy atom. The van der Waals surface area contributed by atoms with Crippen molar-refractivity contribution in [2.24, 2.45) is 4.99 Å². The van der Waals surface area contributed by atoms with Gasteiger partial charge in [0, 0.05) is 56.7 Å². The van der Waals surface area contributed by atoms with Gasteiger partial charge in [-0.25, -0.2) is 4.98 Å². The van der Waals surface area contributed by atoms with Crippen molar-refractivity contribution in [2.45, 2.75) is 38.7 Å². The third-order valence-electron chi connectivity index (χ3n) is 4.97. The predicted octanol–water partition coefficient (Wildman–Crippen LogP) is 4.54. The van der Waals surface area contributed by atoms with Gasteiger partial charge in [0.2, 0.25) is 5.88 Å². The number of methoxy groups -OCH3 is 1. The van der Waals surface area contributed by atoms with Gasteiger partial charge in [-0.15, -0.1) is 0 Å². The van der Waals surface area contributed by atoms with E-state index in [4.69, 9.17) is 14.9 Å². The van der Waals surface area contributed by atoms with Gasteiger partial charge in [0.1, 0.15) is 19.0 Å². The van der Waals surface area contributed by atoms with E-state index >= 15 is 0 Å². The molecule has 3 aromatic rings. The summed E-state index contributed by atoms with van der Waals surface area (Å²) in [7, 11) is 0.215. The van der Waals surface area contributed by atoms with Gasteiger partial charge in [-0.2, -0.15) is 5.10 Å². The van der Waals surface area contributed by atoms with Crippen molar-refractivity contribution in [3.05, 3.63) is 48.3 Å². The lowest BCUT2D eigenvalue weighted by atomic mass is 10.1. The molecule has 10 heteroatoms. The average Bonchev–Trinajstić information content (AvgIpc) is 3.19. The molecule has 0 spiro atoms. The van der Waals surface area contributed by atoms with E-state index in [1.54, 1.807) is 24.5 Å². The number of carbonyl (C=O) groups is 1. The van der Waals surface area contributed by atoms with Crippen LogP contribution in [0.4, 0.5) is 0 Å². The normalized spacial score (nSPS) is 12.1. The molecular formula is C24H31N5O4Si. The largest absolute Gasteiger partial charge is 0.468 e. The van der Waals surface area contributed by atoms with Crippen LogP contribution in [0.2, 0.25) is 25.7 Å². The van der Waals surface area contributed by atoms with Crippen molar-refractivity contribution >= 4 is 36.9 Å². The number of esters is 1. The van der Waals surface area contributed by atoms with Crippen LogP contribution in [0, 0.1) is 5.41 Å². The number of aliphatic imine (C=N–C) groups is 1. The lowest BCUT2D eigenvalue weighted by molar-refractivity contribution is -0.141. The Labute approximate surface area is 200 Å². The number of ether oxygens (including phenoxy) is 3. The third-order valence-corrected chi connectivity index (χ3v) is 6.68. The van der Waals surface area contributed by atoms with Crippen molar-refractivity contribution in [3.8, 4) is 11.6 Å². The standard InChI is InChI=1S/C24H31N5O4Si/c1-31-24(30)16-29-15-19-13-20(6-7-22(19)28-29)33-23-8-5-18(14-26-23)21(9-10-25)27-17-32-11-12-34(2,3)4/h5-8,10,13-15,25H,9,11-12,16-17H2,1-4H3. The molecule has 3 rings (SSSR count). The van der Waals surface area contributed by atoms with Crippen molar-refractivity contribution in [1.82, 2.24) is 14.8 Å². The van der Waals surface area contributed by atoms with Gasteiger partial charge >= 0.3 is 5.97 Å². The van der Waals surface area contributed by atoms with Gasteiger partial charge in [0.05, 0.1) is 18.3 Å². The quantitative estimate of drug-likeness (QED) is 0.176. The summed E-state index contributed by atoms with van der Waals surface area (Å²) in [6.07, 6.45) is 5.18. The van der Waals surface area contributed by atoms with E-state index in [9.17, 15) is 4.79 Å². The van der Waals surface area contributed by atoms with E-state index in [0.29, 0.717) is 24.7 Å². The summed E-state index contributed by atoms with van der Waals surface area (Å²) in [6.45, 7) is 7.96. The minimum atomic E-state index is -1.13. The second-order valence-electron chi connectivity index (χ2n) is 8.97. The molecule has 0 atom stereocenters. The van der Waals surface area contributed by atoms with Crippen LogP contribution >= 0.6 is 0 Å². The third kappa shape index (κ3) is 7.60. The lowest BCUT2D eigenvalue weighted by Gasteiger charge is -2.14. The Morgan fingerprint density at radius 1 is 1.24 bits per heavy atom. The highest BCUT2D eigenvalue weighted by atomic mass is 28.3. The molecule has 1 N–H and O–H groups in total. The fraction of sp³-hybridized carbons (Fsp3) is 0.375. The Morgan fingerprint density at radius 3 is 2.74 bits per heavy atom. The highest BCUT2D eigenvalue weighted by Crippen LogP contribution is 2.24. The molecule has 0 fully saturated rings. The summed E-state index contributed by atoms with van der Waals surface area (Å²) in [4.78, 5) is 20.4. The fourth-order valence-electron chi connectivity index (χ4n) is 3.07. The first-order valence-corrected chi connectivity index (χ1v) is 14.8. The Hall–Kier alpha value is -3.37. The van der Waals surface area contributed by atoms with Gasteiger partial charge in [0.25, 0.3) is 0 Å². The number of fused-ring (bicyclic) bond motifs is 1. The second kappa shape index (κ2) is 11.7. The average molecular weight is 482 g/mol. The van der Waals surface area contributed by atoms with E-state index in [2.05, 4.69) is 39.5 Å². The maximum Gasteiger partial charge on any atom is 0.327 e. The van der Waals surface area contributed by atoms with Gasteiger partial charge < -0.3 is 19.6 Å². The minimum absolute atomic E-state index is 0.0490. The van der Waals surface area contributed by atoms with Crippen LogP contribution in [0.3, 0.4) is 0 Å². The molecule has 2 aromatic heterocycles. The van der Waals surface area contributed by atoms with Gasteiger partial charge in [0.15, 0.2) is 0 Å². The monoisotopic (exact) mass is 481 g/mol. The first-order chi connectivity index (χ1) is 16.3. The minimum Gasteiger partial charge on any atom is -0.468 e. The molecule has 9 nitrogen and oxygen atoms in total. The maximum absolute atomic E-state index is 11.5. The molecule has 0 saturated heterocycles. The molecule has 2 heterocycles. The van der Waals surface area contributed by atoms with Crippen LogP contribution in [-0.2, 0) is 20.8 Å². The lowest BCUT2D eigenvalue weighted by Crippen LogP contribution is -2.21. The van der Waals surface area contributed by atoms with Crippen LogP contribution in [0.1, 0.15) is 12.0 Å². The summed E-state index contributed by atoms with van der Waals surface area (Å²) < 4.78 is 17.8. The van der Waals surface area contributed by atoms with E-state index in [1.807, 2.05) is 18.2 Å². The van der Waals surface area contributed by atoms with Crippen LogP contribution in [-0.4, -0.2) is 61.2 Å². The van der Waals surface area contributed by atoms with Crippen LogP contribution in [0.25, 0.3) is 10.9 Å². The van der Waals surface area contributed by atoms with Gasteiger partial charge in [-0.1, -0.05) is 19.6 Å². The highest BCUT2D eigenvalue weighted by Gasteiger charge is 2.12. The Balaban J connectivity index is 1.64. The molecule has 0 saturated carbocycles. The SMILES string of the molecule is COC(=O)Cn1cc2cc(Oc3ccc(C(CC=N)=NCOCC[Si](C)(C)C)cn3)ccc2n1. The molecule has 0 amide bonds. The number of nitrogens with zero attached hydrogens (tertiary/aromatic N) is 4. The first-order valence-electron chi connectivity index (χ1n) is 11.1. The van der Waals surface area contributed by atoms with E-state index in [1.165, 1.54) is 18.0 Å². The number of rotatable bonds is 12. The molecule has 0 unspecified atom stereocenters. The Kier molecular flexibility index (Phi) is 8.66. The molecule has 1 aromatic carbocycles. The molecule has 34 heavy (non-hydrogen) atoms. The first kappa shape index (κ1) is 25.3. The van der Waals surface area contributed by atoms with Crippen molar-refractivity contribution < 1.29 is 19.0 Å². The molecule has 0 bridgehead atoms. The van der Waals surface area contributed by atoms with Crippen LogP contribution in [0.15, 0.2) is 47.7 Å². The topological polar surface area (TPSA) is 112 Å². The molecule has 0 aliphatic heterocycles.